The molecule has 4 heteroatoms. The van der Waals surface area contributed by atoms with E-state index in [1.54, 1.807) is 13.0 Å². The monoisotopic (exact) mass is 208 g/mol. The second-order valence-electron chi connectivity index (χ2n) is 3.20. The summed E-state index contributed by atoms with van der Waals surface area (Å²) < 4.78 is 0. The van der Waals surface area contributed by atoms with Crippen LogP contribution in [0.4, 0.5) is 0 Å². The SMILES string of the molecule is C=CCc1cc(C(=O)O)c(O)c(O)c1C. The first-order chi connectivity index (χ1) is 6.99. The molecular formula is C11H12O4. The number of carboxylic acids is 1. The van der Waals surface area contributed by atoms with Crippen molar-refractivity contribution in [2.24, 2.45) is 0 Å². The zero-order valence-electron chi connectivity index (χ0n) is 8.32. The van der Waals surface area contributed by atoms with Gasteiger partial charge >= 0.3 is 5.97 Å². The van der Waals surface area contributed by atoms with Gasteiger partial charge in [-0.3, -0.25) is 0 Å². The largest absolute Gasteiger partial charge is 0.504 e. The number of carboxylic acid groups (broad SMARTS) is 1. The van der Waals surface area contributed by atoms with E-state index >= 15 is 0 Å². The minimum Gasteiger partial charge on any atom is -0.504 e. The minimum atomic E-state index is -1.27. The lowest BCUT2D eigenvalue weighted by Gasteiger charge is -2.10. The van der Waals surface area contributed by atoms with Crippen LogP contribution in [0.1, 0.15) is 21.5 Å². The minimum absolute atomic E-state index is 0.296. The van der Waals surface area contributed by atoms with Crippen LogP contribution in [0, 0.1) is 6.92 Å². The fourth-order valence-corrected chi connectivity index (χ4v) is 1.34. The van der Waals surface area contributed by atoms with E-state index in [1.807, 2.05) is 0 Å². The predicted octanol–water partition coefficient (Wildman–Crippen LogP) is 1.83. The van der Waals surface area contributed by atoms with Gasteiger partial charge in [0.1, 0.15) is 5.56 Å². The van der Waals surface area contributed by atoms with E-state index < -0.39 is 11.7 Å². The summed E-state index contributed by atoms with van der Waals surface area (Å²) >= 11 is 0. The molecule has 1 aromatic rings. The van der Waals surface area contributed by atoms with Crippen molar-refractivity contribution in [1.82, 2.24) is 0 Å². The molecule has 0 atom stereocenters. The van der Waals surface area contributed by atoms with Gasteiger partial charge in [0.2, 0.25) is 0 Å². The Labute approximate surface area is 87.1 Å². The lowest BCUT2D eigenvalue weighted by atomic mass is 10.00. The average Bonchev–Trinajstić information content (AvgIpc) is 2.18. The van der Waals surface area contributed by atoms with Gasteiger partial charge in [-0.2, -0.15) is 0 Å². The van der Waals surface area contributed by atoms with Crippen molar-refractivity contribution in [3.8, 4) is 11.5 Å². The van der Waals surface area contributed by atoms with Crippen LogP contribution in [-0.2, 0) is 6.42 Å². The Morgan fingerprint density at radius 3 is 2.53 bits per heavy atom. The zero-order chi connectivity index (χ0) is 11.6. The molecule has 0 aliphatic heterocycles. The highest BCUT2D eigenvalue weighted by Gasteiger charge is 2.17. The van der Waals surface area contributed by atoms with Crippen molar-refractivity contribution in [3.05, 3.63) is 35.4 Å². The van der Waals surface area contributed by atoms with Crippen LogP contribution >= 0.6 is 0 Å². The first kappa shape index (κ1) is 11.1. The summed E-state index contributed by atoms with van der Waals surface area (Å²) in [6.07, 6.45) is 2.05. The van der Waals surface area contributed by atoms with E-state index in [-0.39, 0.29) is 11.3 Å². The number of hydrogen-bond donors (Lipinski definition) is 3. The Morgan fingerprint density at radius 1 is 1.47 bits per heavy atom. The number of benzene rings is 1. The van der Waals surface area contributed by atoms with Gasteiger partial charge in [-0.15, -0.1) is 6.58 Å². The van der Waals surface area contributed by atoms with Crippen LogP contribution in [-0.4, -0.2) is 21.3 Å². The highest BCUT2D eigenvalue weighted by molar-refractivity contribution is 5.92. The first-order valence-corrected chi connectivity index (χ1v) is 4.37. The smallest absolute Gasteiger partial charge is 0.339 e. The molecule has 0 aliphatic rings. The Balaban J connectivity index is 3.44. The molecule has 0 aliphatic carbocycles. The first-order valence-electron chi connectivity index (χ1n) is 4.37. The molecule has 1 rings (SSSR count). The van der Waals surface area contributed by atoms with Crippen molar-refractivity contribution >= 4 is 5.97 Å². The van der Waals surface area contributed by atoms with E-state index in [0.717, 1.165) is 0 Å². The summed E-state index contributed by atoms with van der Waals surface area (Å²) in [6.45, 7) is 5.14. The van der Waals surface area contributed by atoms with Crippen molar-refractivity contribution < 1.29 is 20.1 Å². The molecule has 0 heterocycles. The molecule has 15 heavy (non-hydrogen) atoms. The van der Waals surface area contributed by atoms with Crippen LogP contribution in [0.25, 0.3) is 0 Å². The third kappa shape index (κ3) is 1.93. The number of phenolic OH excluding ortho intramolecular Hbond substituents is 1. The maximum absolute atomic E-state index is 10.7. The zero-order valence-corrected chi connectivity index (χ0v) is 8.32. The molecular weight excluding hydrogens is 196 g/mol. The topological polar surface area (TPSA) is 77.8 Å². The molecule has 4 nitrogen and oxygen atoms in total. The van der Waals surface area contributed by atoms with Gasteiger partial charge in [0.05, 0.1) is 0 Å². The molecule has 3 N–H and O–H groups in total. The Kier molecular flexibility index (Phi) is 2.99. The fourth-order valence-electron chi connectivity index (χ4n) is 1.34. The second kappa shape index (κ2) is 4.04. The van der Waals surface area contributed by atoms with Gasteiger partial charge in [-0.05, 0) is 30.5 Å². The highest BCUT2D eigenvalue weighted by atomic mass is 16.4. The summed E-state index contributed by atoms with van der Waals surface area (Å²) in [5.41, 5.74) is 0.810. The number of rotatable bonds is 3. The lowest BCUT2D eigenvalue weighted by Crippen LogP contribution is -2.00. The van der Waals surface area contributed by atoms with E-state index in [0.29, 0.717) is 17.5 Å². The van der Waals surface area contributed by atoms with Crippen molar-refractivity contribution in [2.75, 3.05) is 0 Å². The lowest BCUT2D eigenvalue weighted by molar-refractivity contribution is 0.0693. The molecule has 0 spiro atoms. The molecule has 0 amide bonds. The fraction of sp³-hybridized carbons (Fsp3) is 0.182. The van der Waals surface area contributed by atoms with Crippen LogP contribution < -0.4 is 0 Å². The second-order valence-corrected chi connectivity index (χ2v) is 3.20. The van der Waals surface area contributed by atoms with Gasteiger partial charge < -0.3 is 15.3 Å². The van der Waals surface area contributed by atoms with E-state index in [2.05, 4.69) is 6.58 Å². The summed E-state index contributed by atoms with van der Waals surface area (Å²) in [5, 5.41) is 27.7. The number of aromatic hydroxyl groups is 2. The van der Waals surface area contributed by atoms with Crippen molar-refractivity contribution in [1.29, 1.82) is 0 Å². The van der Waals surface area contributed by atoms with E-state index in [1.165, 1.54) is 6.07 Å². The van der Waals surface area contributed by atoms with Crippen LogP contribution in [0.3, 0.4) is 0 Å². The number of allylic oxidation sites excluding steroid dienone is 1. The highest BCUT2D eigenvalue weighted by Crippen LogP contribution is 2.35. The third-order valence-corrected chi connectivity index (χ3v) is 2.23. The van der Waals surface area contributed by atoms with Crippen LogP contribution in [0.15, 0.2) is 18.7 Å². The van der Waals surface area contributed by atoms with Gasteiger partial charge in [0.25, 0.3) is 0 Å². The third-order valence-electron chi connectivity index (χ3n) is 2.23. The van der Waals surface area contributed by atoms with Gasteiger partial charge in [0.15, 0.2) is 11.5 Å². The normalized spacial score (nSPS) is 9.93. The van der Waals surface area contributed by atoms with Crippen LogP contribution in [0.5, 0.6) is 11.5 Å². The summed E-state index contributed by atoms with van der Waals surface area (Å²) in [6, 6.07) is 1.34. The average molecular weight is 208 g/mol. The molecule has 0 fully saturated rings. The quantitative estimate of drug-likeness (QED) is 0.523. The maximum Gasteiger partial charge on any atom is 0.339 e. The number of hydrogen-bond acceptors (Lipinski definition) is 3. The van der Waals surface area contributed by atoms with Gasteiger partial charge in [-0.1, -0.05) is 6.08 Å². The summed E-state index contributed by atoms with van der Waals surface area (Å²) in [4.78, 5) is 10.7. The van der Waals surface area contributed by atoms with Crippen molar-refractivity contribution in [3.63, 3.8) is 0 Å². The molecule has 0 saturated carbocycles. The van der Waals surface area contributed by atoms with Gasteiger partial charge in [0, 0.05) is 0 Å². The summed E-state index contributed by atoms with van der Waals surface area (Å²) in [5.74, 6) is -2.24. The molecule has 0 unspecified atom stereocenters. The van der Waals surface area contributed by atoms with Gasteiger partial charge in [-0.25, -0.2) is 4.79 Å². The Bertz CT molecular complexity index is 421. The summed E-state index contributed by atoms with van der Waals surface area (Å²) in [7, 11) is 0. The van der Waals surface area contributed by atoms with Crippen LogP contribution in [0.2, 0.25) is 0 Å². The Hall–Kier alpha value is -1.97. The molecule has 0 radical (unpaired) electrons. The number of phenols is 2. The molecule has 0 aromatic heterocycles. The predicted molar refractivity (Wildman–Crippen MR) is 55.4 cm³/mol. The number of aromatic carboxylic acids is 1. The number of carbonyl (C=O) groups is 1. The van der Waals surface area contributed by atoms with E-state index in [9.17, 15) is 15.0 Å². The van der Waals surface area contributed by atoms with Crippen molar-refractivity contribution in [2.45, 2.75) is 13.3 Å². The molecule has 0 bridgehead atoms. The molecule has 1 aromatic carbocycles. The maximum atomic E-state index is 10.7. The standard InChI is InChI=1S/C11H12O4/c1-3-4-7-5-8(11(14)15)10(13)9(12)6(7)2/h3,5,12-13H,1,4H2,2H3,(H,14,15). The van der Waals surface area contributed by atoms with E-state index in [4.69, 9.17) is 5.11 Å². The Morgan fingerprint density at radius 2 is 2.07 bits per heavy atom. The molecule has 80 valence electrons. The molecule has 0 saturated heterocycles.